The van der Waals surface area contributed by atoms with E-state index < -0.39 is 0 Å². The zero-order valence-electron chi connectivity index (χ0n) is 18.2. The van der Waals surface area contributed by atoms with Crippen molar-refractivity contribution in [2.75, 3.05) is 7.11 Å². The van der Waals surface area contributed by atoms with E-state index in [0.717, 1.165) is 54.9 Å². The van der Waals surface area contributed by atoms with Gasteiger partial charge in [-0.05, 0) is 68.7 Å². The number of methoxy groups -OCH3 is 1. The van der Waals surface area contributed by atoms with Gasteiger partial charge in [-0.25, -0.2) is 5.48 Å². The number of hydrogen-bond donors (Lipinski definition) is 2. The van der Waals surface area contributed by atoms with Gasteiger partial charge in [-0.15, -0.1) is 11.8 Å². The molecule has 1 atom stereocenters. The van der Waals surface area contributed by atoms with Gasteiger partial charge in [0, 0.05) is 16.6 Å². The summed E-state index contributed by atoms with van der Waals surface area (Å²) in [6.45, 7) is 0. The summed E-state index contributed by atoms with van der Waals surface area (Å²) in [6.07, 6.45) is 9.14. The molecule has 3 rings (SSSR count). The van der Waals surface area contributed by atoms with Crippen molar-refractivity contribution in [3.63, 3.8) is 0 Å². The number of benzene rings is 2. The van der Waals surface area contributed by atoms with E-state index in [2.05, 4.69) is 24.3 Å². The lowest BCUT2D eigenvalue weighted by Crippen LogP contribution is -2.23. The van der Waals surface area contributed by atoms with Crippen LogP contribution in [0.3, 0.4) is 0 Å². The lowest BCUT2D eigenvalue weighted by atomic mass is 10.1. The molecule has 2 aromatic rings. The van der Waals surface area contributed by atoms with Crippen molar-refractivity contribution in [3.8, 4) is 11.5 Å². The van der Waals surface area contributed by atoms with Crippen LogP contribution in [0.5, 0.6) is 11.5 Å². The van der Waals surface area contributed by atoms with Crippen LogP contribution in [-0.2, 0) is 11.2 Å². The summed E-state index contributed by atoms with van der Waals surface area (Å²) >= 11 is 1.66. The summed E-state index contributed by atoms with van der Waals surface area (Å²) in [5, 5.41) is 9.08. The molecule has 2 N–H and O–H groups in total. The summed E-state index contributed by atoms with van der Waals surface area (Å²) < 4.78 is 11.7. The minimum atomic E-state index is -0.350. The van der Waals surface area contributed by atoms with Crippen molar-refractivity contribution in [2.24, 2.45) is 0 Å². The Bertz CT molecular complexity index is 808. The number of nitrogens with one attached hydrogen (secondary N) is 1. The molecule has 6 heteroatoms. The Morgan fingerprint density at radius 2 is 1.90 bits per heavy atom. The molecule has 2 aromatic carbocycles. The minimum absolute atomic E-state index is 0.0793. The second-order valence-electron chi connectivity index (χ2n) is 8.05. The molecule has 0 bridgehead atoms. The summed E-state index contributed by atoms with van der Waals surface area (Å²) in [7, 11) is 1.66. The van der Waals surface area contributed by atoms with Gasteiger partial charge in [0.05, 0.1) is 13.2 Å². The zero-order chi connectivity index (χ0) is 21.9. The molecular weight excluding hydrogens is 410 g/mol. The van der Waals surface area contributed by atoms with Crippen molar-refractivity contribution in [1.82, 2.24) is 5.48 Å². The normalized spacial score (nSPS) is 14.9. The smallest absolute Gasteiger partial charge is 0.244 e. The van der Waals surface area contributed by atoms with Gasteiger partial charge in [-0.3, -0.25) is 10.0 Å². The third-order valence-electron chi connectivity index (χ3n) is 5.66. The van der Waals surface area contributed by atoms with Crippen molar-refractivity contribution in [1.29, 1.82) is 0 Å². The van der Waals surface area contributed by atoms with Crippen LogP contribution in [0, 0.1) is 0 Å². The van der Waals surface area contributed by atoms with Crippen LogP contribution >= 0.6 is 11.8 Å². The van der Waals surface area contributed by atoms with Gasteiger partial charge in [0.15, 0.2) is 11.5 Å². The van der Waals surface area contributed by atoms with Gasteiger partial charge < -0.3 is 9.47 Å². The molecular formula is C25H33NO4S. The molecule has 1 aliphatic rings. The number of aryl methyl sites for hydroxylation is 1. The number of amides is 1. The Kier molecular flexibility index (Phi) is 9.56. The first kappa shape index (κ1) is 23.5. The van der Waals surface area contributed by atoms with E-state index in [4.69, 9.17) is 14.7 Å². The first-order chi connectivity index (χ1) is 15.2. The van der Waals surface area contributed by atoms with E-state index in [9.17, 15) is 4.79 Å². The maximum absolute atomic E-state index is 11.8. The van der Waals surface area contributed by atoms with Gasteiger partial charge >= 0.3 is 0 Å². The zero-order valence-corrected chi connectivity index (χ0v) is 19.0. The molecule has 0 aliphatic heterocycles. The van der Waals surface area contributed by atoms with Crippen LogP contribution < -0.4 is 15.0 Å². The summed E-state index contributed by atoms with van der Waals surface area (Å²) in [5.41, 5.74) is 3.12. The van der Waals surface area contributed by atoms with Crippen LogP contribution in [-0.4, -0.2) is 29.6 Å². The number of thioether (sulfide) groups is 1. The Hall–Kier alpha value is -2.18. The van der Waals surface area contributed by atoms with Crippen LogP contribution in [0.15, 0.2) is 53.4 Å². The third-order valence-corrected chi connectivity index (χ3v) is 6.92. The van der Waals surface area contributed by atoms with Gasteiger partial charge in [-0.1, -0.05) is 36.8 Å². The Labute approximate surface area is 189 Å². The molecule has 0 saturated heterocycles. The average molecular weight is 444 g/mol. The Morgan fingerprint density at radius 1 is 1.13 bits per heavy atom. The maximum Gasteiger partial charge on any atom is 0.244 e. The highest BCUT2D eigenvalue weighted by molar-refractivity contribution is 8.00. The summed E-state index contributed by atoms with van der Waals surface area (Å²) in [4.78, 5) is 12.9. The number of carbonyl (C=O) groups is 1. The lowest BCUT2D eigenvalue weighted by Gasteiger charge is -2.19. The number of hydrogen-bond acceptors (Lipinski definition) is 5. The van der Waals surface area contributed by atoms with E-state index in [1.807, 2.05) is 24.3 Å². The fourth-order valence-corrected chi connectivity index (χ4v) is 5.23. The molecule has 0 radical (unpaired) electrons. The number of unbranched alkanes of at least 4 members (excludes halogenated alkanes) is 1. The predicted molar refractivity (Wildman–Crippen MR) is 124 cm³/mol. The van der Waals surface area contributed by atoms with E-state index in [0.29, 0.717) is 0 Å². The van der Waals surface area contributed by atoms with Gasteiger partial charge in [-0.2, -0.15) is 0 Å². The van der Waals surface area contributed by atoms with Crippen LogP contribution in [0.4, 0.5) is 0 Å². The van der Waals surface area contributed by atoms with Gasteiger partial charge in [0.25, 0.3) is 0 Å². The molecule has 0 aromatic heterocycles. The van der Waals surface area contributed by atoms with E-state index >= 15 is 0 Å². The van der Waals surface area contributed by atoms with Crippen LogP contribution in [0.1, 0.15) is 56.9 Å². The van der Waals surface area contributed by atoms with E-state index in [1.165, 1.54) is 18.4 Å². The lowest BCUT2D eigenvalue weighted by molar-refractivity contribution is -0.129. The highest BCUT2D eigenvalue weighted by atomic mass is 32.2. The number of carbonyl (C=O) groups excluding carboxylic acids is 1. The molecule has 1 fully saturated rings. The summed E-state index contributed by atoms with van der Waals surface area (Å²) in [6, 6.07) is 16.4. The Balaban J connectivity index is 1.60. The maximum atomic E-state index is 11.8. The molecule has 1 aliphatic carbocycles. The highest BCUT2D eigenvalue weighted by Gasteiger charge is 2.20. The largest absolute Gasteiger partial charge is 0.493 e. The molecule has 1 amide bonds. The molecule has 168 valence electrons. The van der Waals surface area contributed by atoms with Crippen LogP contribution in [0.2, 0.25) is 0 Å². The highest BCUT2D eigenvalue weighted by Crippen LogP contribution is 2.37. The fraction of sp³-hybridized carbons (Fsp3) is 0.480. The van der Waals surface area contributed by atoms with E-state index in [-0.39, 0.29) is 23.7 Å². The SMILES string of the molecule is COc1ccc(SC(CCCCc2ccccc2)CC(=O)NO)cc1OC1CCCC1. The van der Waals surface area contributed by atoms with Crippen molar-refractivity contribution < 1.29 is 19.5 Å². The van der Waals surface area contributed by atoms with Crippen LogP contribution in [0.25, 0.3) is 0 Å². The average Bonchev–Trinajstić information content (AvgIpc) is 3.30. The third kappa shape index (κ3) is 7.78. The molecule has 0 spiro atoms. The second kappa shape index (κ2) is 12.6. The summed E-state index contributed by atoms with van der Waals surface area (Å²) in [5.74, 6) is 1.16. The van der Waals surface area contributed by atoms with Crippen molar-refractivity contribution in [2.45, 2.75) is 74.0 Å². The molecule has 0 heterocycles. The molecule has 1 unspecified atom stereocenters. The molecule has 5 nitrogen and oxygen atoms in total. The molecule has 31 heavy (non-hydrogen) atoms. The Morgan fingerprint density at radius 3 is 2.61 bits per heavy atom. The van der Waals surface area contributed by atoms with Gasteiger partial charge in [0.1, 0.15) is 0 Å². The van der Waals surface area contributed by atoms with Crippen molar-refractivity contribution in [3.05, 3.63) is 54.1 Å². The monoisotopic (exact) mass is 443 g/mol. The number of rotatable bonds is 12. The first-order valence-electron chi connectivity index (χ1n) is 11.2. The number of ether oxygens (including phenoxy) is 2. The standard InChI is InChI=1S/C25H33NO4S/c1-29-23-16-15-22(17-24(23)30-20-12-6-7-13-20)31-21(18-25(27)26-28)14-8-5-11-19-9-3-2-4-10-19/h2-4,9-10,15-17,20-21,28H,5-8,11-14,18H2,1H3,(H,26,27). The number of hydroxylamine groups is 1. The van der Waals surface area contributed by atoms with E-state index in [1.54, 1.807) is 24.4 Å². The quantitative estimate of drug-likeness (QED) is 0.188. The topological polar surface area (TPSA) is 67.8 Å². The second-order valence-corrected chi connectivity index (χ2v) is 9.42. The minimum Gasteiger partial charge on any atom is -0.493 e. The first-order valence-corrected chi connectivity index (χ1v) is 12.0. The van der Waals surface area contributed by atoms with Crippen molar-refractivity contribution >= 4 is 17.7 Å². The fourth-order valence-electron chi connectivity index (χ4n) is 4.00. The molecule has 1 saturated carbocycles. The predicted octanol–water partition coefficient (Wildman–Crippen LogP) is 5.79. The van der Waals surface area contributed by atoms with Gasteiger partial charge in [0.2, 0.25) is 5.91 Å².